The van der Waals surface area contributed by atoms with Crippen molar-refractivity contribution < 1.29 is 9.53 Å². The van der Waals surface area contributed by atoms with Crippen LogP contribution < -0.4 is 4.74 Å². The van der Waals surface area contributed by atoms with Crippen LogP contribution in [0.1, 0.15) is 37.5 Å². The molecule has 1 aliphatic rings. The molecule has 2 aromatic carbocycles. The van der Waals surface area contributed by atoms with Gasteiger partial charge in [0, 0.05) is 5.02 Å². The van der Waals surface area contributed by atoms with Crippen LogP contribution in [0.25, 0.3) is 0 Å². The number of nitrogens with zero attached hydrogens (tertiary/aromatic N) is 3. The molecule has 2 atom stereocenters. The van der Waals surface area contributed by atoms with Gasteiger partial charge in [-0.05, 0) is 68.3 Å². The maximum atomic E-state index is 12.3. The van der Waals surface area contributed by atoms with Gasteiger partial charge in [0.1, 0.15) is 17.1 Å². The summed E-state index contributed by atoms with van der Waals surface area (Å²) in [7, 11) is 0. The molecule has 1 aliphatic heterocycles. The van der Waals surface area contributed by atoms with E-state index in [4.69, 9.17) is 32.9 Å². The van der Waals surface area contributed by atoms with E-state index in [2.05, 4.69) is 6.07 Å². The minimum absolute atomic E-state index is 0.334. The second-order valence-electron chi connectivity index (χ2n) is 6.64. The highest BCUT2D eigenvalue weighted by atomic mass is 35.5. The summed E-state index contributed by atoms with van der Waals surface area (Å²) in [4.78, 5) is 18.7. The van der Waals surface area contributed by atoms with E-state index in [0.717, 1.165) is 5.56 Å². The number of rotatable bonds is 4. The predicted octanol–water partition coefficient (Wildman–Crippen LogP) is 5.34. The zero-order chi connectivity index (χ0) is 20.5. The first-order valence-corrected chi connectivity index (χ1v) is 9.59. The third-order valence-corrected chi connectivity index (χ3v) is 5.47. The van der Waals surface area contributed by atoms with Crippen LogP contribution in [0, 0.1) is 11.3 Å². The molecule has 1 amide bonds. The minimum atomic E-state index is -0.720. The van der Waals surface area contributed by atoms with Crippen LogP contribution in [0.3, 0.4) is 0 Å². The van der Waals surface area contributed by atoms with Crippen molar-refractivity contribution in [2.45, 2.75) is 32.4 Å². The molecular formula is C21H19Cl2N3O2. The number of nitriles is 1. The topological polar surface area (TPSA) is 65.7 Å². The molecule has 7 heteroatoms. The largest absolute Gasteiger partial charge is 0.493 e. The summed E-state index contributed by atoms with van der Waals surface area (Å²) < 4.78 is 5.71. The van der Waals surface area contributed by atoms with Crippen molar-refractivity contribution in [3.8, 4) is 11.8 Å². The van der Waals surface area contributed by atoms with Gasteiger partial charge in [-0.25, -0.2) is 0 Å². The molecule has 0 radical (unpaired) electrons. The molecule has 0 saturated carbocycles. The highest BCUT2D eigenvalue weighted by molar-refractivity contribution is 6.64. The quantitative estimate of drug-likeness (QED) is 0.500. The second kappa shape index (κ2) is 7.83. The first-order chi connectivity index (χ1) is 13.3. The highest BCUT2D eigenvalue weighted by Crippen LogP contribution is 2.41. The van der Waals surface area contributed by atoms with Crippen LogP contribution in [0.4, 0.5) is 4.79 Å². The van der Waals surface area contributed by atoms with Gasteiger partial charge in [-0.3, -0.25) is 14.7 Å². The van der Waals surface area contributed by atoms with E-state index < -0.39 is 10.9 Å². The Bertz CT molecular complexity index is 982. The van der Waals surface area contributed by atoms with Gasteiger partial charge in [0.05, 0.1) is 29.8 Å². The lowest BCUT2D eigenvalue weighted by Crippen LogP contribution is -2.43. The summed E-state index contributed by atoms with van der Waals surface area (Å²) in [6, 6.07) is 14.2. The first kappa shape index (κ1) is 20.2. The maximum Gasteiger partial charge on any atom is 0.322 e. The van der Waals surface area contributed by atoms with Gasteiger partial charge >= 0.3 is 5.37 Å². The SMILES string of the molecule is CCOc1cc(C#N)ccc1C1=NC(C)(c2ccc(Cl)cc2)C(C)N1C(=O)Cl. The van der Waals surface area contributed by atoms with Crippen LogP contribution >= 0.6 is 23.2 Å². The Hall–Kier alpha value is -2.55. The number of benzene rings is 2. The number of amides is 1. The molecule has 0 aliphatic carbocycles. The van der Waals surface area contributed by atoms with Gasteiger partial charge in [0.25, 0.3) is 0 Å². The molecule has 0 spiro atoms. The number of hydrogen-bond acceptors (Lipinski definition) is 4. The summed E-state index contributed by atoms with van der Waals surface area (Å²) in [6.45, 7) is 6.11. The lowest BCUT2D eigenvalue weighted by atomic mass is 9.86. The molecule has 5 nitrogen and oxygen atoms in total. The lowest BCUT2D eigenvalue weighted by molar-refractivity contribution is 0.223. The number of amidine groups is 1. The van der Waals surface area contributed by atoms with Crippen molar-refractivity contribution in [3.05, 3.63) is 64.2 Å². The Balaban J connectivity index is 2.19. The normalized spacial score (nSPS) is 21.2. The van der Waals surface area contributed by atoms with Crippen LogP contribution in [0.2, 0.25) is 5.02 Å². The van der Waals surface area contributed by atoms with Crippen molar-refractivity contribution in [1.82, 2.24) is 4.90 Å². The van der Waals surface area contributed by atoms with Gasteiger partial charge in [0.15, 0.2) is 0 Å². The standard InChI is InChI=1S/C21H19Cl2N3O2/c1-4-28-18-11-14(12-24)5-10-17(18)19-25-21(3,13(2)26(19)20(23)27)15-6-8-16(22)9-7-15/h5-11,13H,4H2,1-3H3. The van der Waals surface area contributed by atoms with E-state index in [-0.39, 0.29) is 6.04 Å². The highest BCUT2D eigenvalue weighted by Gasteiger charge is 2.47. The number of carbonyl (C=O) groups excluding carboxylic acids is 1. The van der Waals surface area contributed by atoms with Gasteiger partial charge in [-0.1, -0.05) is 23.7 Å². The zero-order valence-corrected chi connectivity index (χ0v) is 17.3. The minimum Gasteiger partial charge on any atom is -0.493 e. The number of carbonyl (C=O) groups is 1. The summed E-state index contributed by atoms with van der Waals surface area (Å²) in [5.41, 5.74) is 1.26. The van der Waals surface area contributed by atoms with Crippen molar-refractivity contribution in [1.29, 1.82) is 5.26 Å². The van der Waals surface area contributed by atoms with Crippen molar-refractivity contribution >= 4 is 34.4 Å². The summed E-state index contributed by atoms with van der Waals surface area (Å²) >= 11 is 12.0. The smallest absolute Gasteiger partial charge is 0.322 e. The molecule has 0 saturated heterocycles. The Morgan fingerprint density at radius 2 is 2.00 bits per heavy atom. The van der Waals surface area contributed by atoms with Crippen LogP contribution in [-0.2, 0) is 5.54 Å². The number of aliphatic imine (C=N–C) groups is 1. The molecule has 2 unspecified atom stereocenters. The second-order valence-corrected chi connectivity index (χ2v) is 7.40. The molecule has 28 heavy (non-hydrogen) atoms. The van der Waals surface area contributed by atoms with E-state index in [1.165, 1.54) is 4.90 Å². The monoisotopic (exact) mass is 415 g/mol. The van der Waals surface area contributed by atoms with E-state index in [0.29, 0.717) is 34.3 Å². The molecule has 0 N–H and O–H groups in total. The van der Waals surface area contributed by atoms with Gasteiger partial charge in [-0.2, -0.15) is 5.26 Å². The van der Waals surface area contributed by atoms with Crippen molar-refractivity contribution in [2.75, 3.05) is 6.61 Å². The summed E-state index contributed by atoms with van der Waals surface area (Å²) in [6.07, 6.45) is 0. The lowest BCUT2D eigenvalue weighted by Gasteiger charge is -2.31. The number of halogens is 2. The fraction of sp³-hybridized carbons (Fsp3) is 0.286. The fourth-order valence-corrected chi connectivity index (χ4v) is 3.72. The summed E-state index contributed by atoms with van der Waals surface area (Å²) in [5, 5.41) is 9.19. The van der Waals surface area contributed by atoms with E-state index in [1.807, 2.05) is 32.9 Å². The van der Waals surface area contributed by atoms with E-state index in [9.17, 15) is 10.1 Å². The Labute approximate surface area is 174 Å². The molecule has 0 bridgehead atoms. The molecule has 3 rings (SSSR count). The van der Waals surface area contributed by atoms with E-state index >= 15 is 0 Å². The fourth-order valence-electron chi connectivity index (χ4n) is 3.37. The third kappa shape index (κ3) is 3.46. The average Bonchev–Trinajstić information content (AvgIpc) is 2.94. The van der Waals surface area contributed by atoms with Gasteiger partial charge < -0.3 is 4.74 Å². The van der Waals surface area contributed by atoms with E-state index in [1.54, 1.807) is 30.3 Å². The molecule has 0 fully saturated rings. The Morgan fingerprint density at radius 3 is 2.57 bits per heavy atom. The van der Waals surface area contributed by atoms with Gasteiger partial charge in [0.2, 0.25) is 0 Å². The Morgan fingerprint density at radius 1 is 1.32 bits per heavy atom. The zero-order valence-electron chi connectivity index (χ0n) is 15.7. The molecular weight excluding hydrogens is 397 g/mol. The molecule has 1 heterocycles. The van der Waals surface area contributed by atoms with Crippen LogP contribution in [0.5, 0.6) is 5.75 Å². The number of ether oxygens (including phenoxy) is 1. The third-order valence-electron chi connectivity index (χ3n) is 5.04. The molecule has 144 valence electrons. The predicted molar refractivity (Wildman–Crippen MR) is 110 cm³/mol. The maximum absolute atomic E-state index is 12.3. The van der Waals surface area contributed by atoms with Crippen molar-refractivity contribution in [3.63, 3.8) is 0 Å². The summed E-state index contributed by atoms with van der Waals surface area (Å²) in [5.74, 6) is 0.897. The van der Waals surface area contributed by atoms with Crippen LogP contribution in [0.15, 0.2) is 47.5 Å². The number of hydrogen-bond donors (Lipinski definition) is 0. The average molecular weight is 416 g/mol. The van der Waals surface area contributed by atoms with Crippen LogP contribution in [-0.4, -0.2) is 28.8 Å². The Kier molecular flexibility index (Phi) is 5.64. The van der Waals surface area contributed by atoms with Gasteiger partial charge in [-0.15, -0.1) is 0 Å². The molecule has 0 aromatic heterocycles. The van der Waals surface area contributed by atoms with Crippen molar-refractivity contribution in [2.24, 2.45) is 4.99 Å². The molecule has 2 aromatic rings. The first-order valence-electron chi connectivity index (χ1n) is 8.83.